The number of nitrogens with zero attached hydrogens (tertiary/aromatic N) is 2. The Balaban J connectivity index is 1.63. The summed E-state index contributed by atoms with van der Waals surface area (Å²) in [4.78, 5) is 26.6. The number of aromatic nitrogens is 1. The van der Waals surface area contributed by atoms with Gasteiger partial charge in [-0.3, -0.25) is 9.69 Å². The fraction of sp³-hybridized carbons (Fsp3) is 0.167. The number of carbonyl (C=O) groups excluding carboxylic acids is 2. The first-order valence-electron chi connectivity index (χ1n) is 9.79. The number of carbonyl (C=O) groups is 2. The predicted octanol–water partition coefficient (Wildman–Crippen LogP) is 6.02. The molecule has 31 heavy (non-hydrogen) atoms. The van der Waals surface area contributed by atoms with Crippen molar-refractivity contribution in [1.82, 2.24) is 14.8 Å². The standard InChI is InChI=1S/C24H21Br2N3O2/c1-14-10-20(8-9-21(14)26)29-15(2)11-18(16(29)3)12-22-23(30)28(24(31)27-22)13-17-4-6-19(25)7-5-17/h4-12H,13H2,1-3H3,(H,27,31)/b22-12+. The zero-order valence-electron chi connectivity index (χ0n) is 17.4. The fourth-order valence-corrected chi connectivity index (χ4v) is 4.25. The number of nitrogens with one attached hydrogen (secondary N) is 1. The Labute approximate surface area is 198 Å². The van der Waals surface area contributed by atoms with Crippen LogP contribution in [-0.4, -0.2) is 21.4 Å². The van der Waals surface area contributed by atoms with Crippen molar-refractivity contribution in [2.24, 2.45) is 0 Å². The van der Waals surface area contributed by atoms with Crippen molar-refractivity contribution in [3.8, 4) is 5.69 Å². The summed E-state index contributed by atoms with van der Waals surface area (Å²) < 4.78 is 4.16. The van der Waals surface area contributed by atoms with Crippen LogP contribution in [0.1, 0.15) is 28.1 Å². The Hall–Kier alpha value is -2.64. The lowest BCUT2D eigenvalue weighted by atomic mass is 10.2. The monoisotopic (exact) mass is 541 g/mol. The van der Waals surface area contributed by atoms with Gasteiger partial charge in [-0.2, -0.15) is 0 Å². The molecule has 4 rings (SSSR count). The Morgan fingerprint density at radius 1 is 0.968 bits per heavy atom. The van der Waals surface area contributed by atoms with Crippen molar-refractivity contribution < 1.29 is 9.59 Å². The molecule has 158 valence electrons. The summed E-state index contributed by atoms with van der Waals surface area (Å²) in [5, 5.41) is 2.72. The van der Waals surface area contributed by atoms with Crippen LogP contribution in [0.4, 0.5) is 4.79 Å². The van der Waals surface area contributed by atoms with Gasteiger partial charge < -0.3 is 9.88 Å². The van der Waals surface area contributed by atoms with Crippen molar-refractivity contribution >= 4 is 49.9 Å². The SMILES string of the molecule is Cc1cc(-n2c(C)cc(/C=C3/NC(=O)N(Cc4ccc(Br)cc4)C3=O)c2C)ccc1Br. The Kier molecular flexibility index (Phi) is 5.90. The third kappa shape index (κ3) is 4.25. The molecule has 0 spiro atoms. The molecule has 2 aromatic carbocycles. The molecule has 3 aromatic rings. The molecule has 1 fully saturated rings. The van der Waals surface area contributed by atoms with Crippen molar-refractivity contribution in [2.45, 2.75) is 27.3 Å². The number of amides is 3. The van der Waals surface area contributed by atoms with Gasteiger partial charge in [0.05, 0.1) is 6.54 Å². The maximum absolute atomic E-state index is 12.9. The summed E-state index contributed by atoms with van der Waals surface area (Å²) in [6, 6.07) is 15.4. The molecule has 1 saturated heterocycles. The van der Waals surface area contributed by atoms with Gasteiger partial charge in [-0.05, 0) is 79.9 Å². The van der Waals surface area contributed by atoms with Crippen LogP contribution < -0.4 is 5.32 Å². The number of hydrogen-bond acceptors (Lipinski definition) is 2. The van der Waals surface area contributed by atoms with Gasteiger partial charge in [0, 0.05) is 26.0 Å². The molecule has 3 amide bonds. The first-order valence-corrected chi connectivity index (χ1v) is 11.4. The van der Waals surface area contributed by atoms with E-state index in [-0.39, 0.29) is 18.1 Å². The smallest absolute Gasteiger partial charge is 0.318 e. The second kappa shape index (κ2) is 8.48. The lowest BCUT2D eigenvalue weighted by Gasteiger charge is -2.12. The molecule has 7 heteroatoms. The second-order valence-corrected chi connectivity index (χ2v) is 9.37. The number of halogens is 2. The average molecular weight is 543 g/mol. The van der Waals surface area contributed by atoms with E-state index in [1.807, 2.05) is 50.2 Å². The van der Waals surface area contributed by atoms with Crippen LogP contribution in [0.2, 0.25) is 0 Å². The normalized spacial score (nSPS) is 15.1. The predicted molar refractivity (Wildman–Crippen MR) is 129 cm³/mol. The molecule has 5 nitrogen and oxygen atoms in total. The summed E-state index contributed by atoms with van der Waals surface area (Å²) in [6.07, 6.45) is 1.76. The zero-order chi connectivity index (χ0) is 22.3. The number of imide groups is 1. The molecule has 0 radical (unpaired) electrons. The number of aryl methyl sites for hydroxylation is 2. The van der Waals surface area contributed by atoms with Gasteiger partial charge in [0.1, 0.15) is 5.70 Å². The highest BCUT2D eigenvalue weighted by Gasteiger charge is 2.33. The highest BCUT2D eigenvalue weighted by Crippen LogP contribution is 2.27. The summed E-state index contributed by atoms with van der Waals surface area (Å²) in [5.74, 6) is -0.322. The van der Waals surface area contributed by atoms with Crippen LogP contribution in [0.15, 0.2) is 63.2 Å². The van der Waals surface area contributed by atoms with Gasteiger partial charge in [0.15, 0.2) is 0 Å². The highest BCUT2D eigenvalue weighted by molar-refractivity contribution is 9.10. The molecule has 1 aromatic heterocycles. The summed E-state index contributed by atoms with van der Waals surface area (Å²) >= 11 is 6.94. The number of benzene rings is 2. The maximum atomic E-state index is 12.9. The minimum Gasteiger partial charge on any atom is -0.318 e. The maximum Gasteiger partial charge on any atom is 0.329 e. The molecule has 0 saturated carbocycles. The van der Waals surface area contributed by atoms with Gasteiger partial charge >= 0.3 is 6.03 Å². The molecular formula is C24H21Br2N3O2. The third-order valence-electron chi connectivity index (χ3n) is 5.39. The largest absolute Gasteiger partial charge is 0.329 e. The van der Waals surface area contributed by atoms with E-state index >= 15 is 0 Å². The average Bonchev–Trinajstić information content (AvgIpc) is 3.15. The van der Waals surface area contributed by atoms with Gasteiger partial charge in [0.25, 0.3) is 5.91 Å². The summed E-state index contributed by atoms with van der Waals surface area (Å²) in [7, 11) is 0. The third-order valence-corrected chi connectivity index (χ3v) is 6.80. The first-order chi connectivity index (χ1) is 14.7. The van der Waals surface area contributed by atoms with E-state index in [1.165, 1.54) is 4.90 Å². The topological polar surface area (TPSA) is 54.3 Å². The molecular weight excluding hydrogens is 522 g/mol. The van der Waals surface area contributed by atoms with E-state index in [2.05, 4.69) is 60.8 Å². The molecule has 0 bridgehead atoms. The van der Waals surface area contributed by atoms with E-state index < -0.39 is 6.03 Å². The minimum atomic E-state index is -0.406. The molecule has 0 atom stereocenters. The van der Waals surface area contributed by atoms with E-state index in [1.54, 1.807) is 6.08 Å². The molecule has 0 aliphatic carbocycles. The number of urea groups is 1. The van der Waals surface area contributed by atoms with Crippen LogP contribution in [0.25, 0.3) is 11.8 Å². The van der Waals surface area contributed by atoms with Gasteiger partial charge in [-0.15, -0.1) is 0 Å². The van der Waals surface area contributed by atoms with E-state index in [9.17, 15) is 9.59 Å². The van der Waals surface area contributed by atoms with Crippen molar-refractivity contribution in [3.63, 3.8) is 0 Å². The molecule has 0 unspecified atom stereocenters. The van der Waals surface area contributed by atoms with Crippen LogP contribution >= 0.6 is 31.9 Å². The zero-order valence-corrected chi connectivity index (χ0v) is 20.5. The van der Waals surface area contributed by atoms with E-state index in [0.717, 1.165) is 42.7 Å². The van der Waals surface area contributed by atoms with Crippen LogP contribution in [0.5, 0.6) is 0 Å². The molecule has 1 aliphatic heterocycles. The minimum absolute atomic E-state index is 0.229. The molecule has 1 N–H and O–H groups in total. The second-order valence-electron chi connectivity index (χ2n) is 7.60. The lowest BCUT2D eigenvalue weighted by Crippen LogP contribution is -2.30. The van der Waals surface area contributed by atoms with E-state index in [0.29, 0.717) is 0 Å². The van der Waals surface area contributed by atoms with Crippen LogP contribution in [-0.2, 0) is 11.3 Å². The molecule has 1 aliphatic rings. The van der Waals surface area contributed by atoms with Gasteiger partial charge in [-0.1, -0.05) is 44.0 Å². The Bertz CT molecular complexity index is 1230. The highest BCUT2D eigenvalue weighted by atomic mass is 79.9. The Morgan fingerprint density at radius 2 is 1.68 bits per heavy atom. The van der Waals surface area contributed by atoms with Gasteiger partial charge in [-0.25, -0.2) is 4.79 Å². The lowest BCUT2D eigenvalue weighted by molar-refractivity contribution is -0.123. The van der Waals surface area contributed by atoms with E-state index in [4.69, 9.17) is 0 Å². The number of hydrogen-bond donors (Lipinski definition) is 1. The quantitative estimate of drug-likeness (QED) is 0.324. The van der Waals surface area contributed by atoms with Crippen molar-refractivity contribution in [3.05, 3.63) is 91.3 Å². The molecule has 2 heterocycles. The van der Waals surface area contributed by atoms with Gasteiger partial charge in [0.2, 0.25) is 0 Å². The Morgan fingerprint density at radius 3 is 2.35 bits per heavy atom. The van der Waals surface area contributed by atoms with Crippen molar-refractivity contribution in [2.75, 3.05) is 0 Å². The van der Waals surface area contributed by atoms with Crippen molar-refractivity contribution in [1.29, 1.82) is 0 Å². The summed E-state index contributed by atoms with van der Waals surface area (Å²) in [6.45, 7) is 6.32. The van der Waals surface area contributed by atoms with Crippen LogP contribution in [0.3, 0.4) is 0 Å². The summed E-state index contributed by atoms with van der Waals surface area (Å²) in [5.41, 5.74) is 6.32. The van der Waals surface area contributed by atoms with Crippen LogP contribution in [0, 0.1) is 20.8 Å². The fourth-order valence-electron chi connectivity index (χ4n) is 3.74. The number of rotatable bonds is 4. The first kappa shape index (κ1) is 21.6.